The first kappa shape index (κ1) is 8.37. The van der Waals surface area contributed by atoms with Crippen LogP contribution in [0.2, 0.25) is 5.02 Å². The zero-order valence-electron chi connectivity index (χ0n) is 6.39. The Hall–Kier alpha value is -0.730. The van der Waals surface area contributed by atoms with E-state index in [1.54, 1.807) is 6.07 Å². The van der Waals surface area contributed by atoms with E-state index in [1.807, 2.05) is 19.2 Å². The fraction of sp³-hybridized carbons (Fsp3) is 0.250. The average Bonchev–Trinajstić information content (AvgIpc) is 1.95. The number of nitrogens with two attached hydrogens (primary N) is 1. The summed E-state index contributed by atoms with van der Waals surface area (Å²) >= 11 is 5.72. The smallest absolute Gasteiger partial charge is 0.0426 e. The maximum Gasteiger partial charge on any atom is 0.0426 e. The van der Waals surface area contributed by atoms with Crippen molar-refractivity contribution in [2.75, 3.05) is 12.8 Å². The summed E-state index contributed by atoms with van der Waals surface area (Å²) in [5.41, 5.74) is 7.51. The molecular weight excluding hydrogens is 160 g/mol. The summed E-state index contributed by atoms with van der Waals surface area (Å²) < 4.78 is 0. The van der Waals surface area contributed by atoms with Crippen molar-refractivity contribution in [2.45, 2.75) is 6.54 Å². The molecule has 0 spiro atoms. The molecule has 3 heteroatoms. The van der Waals surface area contributed by atoms with Crippen LogP contribution < -0.4 is 11.1 Å². The maximum atomic E-state index is 5.72. The average molecular weight is 171 g/mol. The van der Waals surface area contributed by atoms with Crippen LogP contribution in [0, 0.1) is 0 Å². The summed E-state index contributed by atoms with van der Waals surface area (Å²) in [5.74, 6) is 0. The minimum Gasteiger partial charge on any atom is -0.398 e. The first-order valence-electron chi connectivity index (χ1n) is 3.42. The number of anilines is 1. The predicted molar refractivity (Wildman–Crippen MR) is 48.6 cm³/mol. The molecule has 1 aromatic carbocycles. The van der Waals surface area contributed by atoms with Gasteiger partial charge in [0, 0.05) is 17.3 Å². The number of hydrogen-bond acceptors (Lipinski definition) is 2. The number of benzene rings is 1. The van der Waals surface area contributed by atoms with Gasteiger partial charge in [-0.05, 0) is 24.7 Å². The number of nitrogen functional groups attached to an aromatic ring is 1. The summed E-state index contributed by atoms with van der Waals surface area (Å²) in [7, 11) is 1.88. The van der Waals surface area contributed by atoms with Gasteiger partial charge >= 0.3 is 0 Å². The Morgan fingerprint density at radius 1 is 1.55 bits per heavy atom. The van der Waals surface area contributed by atoms with E-state index in [-0.39, 0.29) is 0 Å². The monoisotopic (exact) mass is 170 g/mol. The van der Waals surface area contributed by atoms with Gasteiger partial charge in [0.05, 0.1) is 0 Å². The highest BCUT2D eigenvalue weighted by molar-refractivity contribution is 6.30. The van der Waals surface area contributed by atoms with Crippen LogP contribution >= 0.6 is 11.6 Å². The van der Waals surface area contributed by atoms with Crippen molar-refractivity contribution in [3.05, 3.63) is 28.8 Å². The summed E-state index contributed by atoms with van der Waals surface area (Å²) in [5, 5.41) is 3.70. The lowest BCUT2D eigenvalue weighted by Gasteiger charge is -2.03. The lowest BCUT2D eigenvalue weighted by molar-refractivity contribution is 0.820. The molecule has 11 heavy (non-hydrogen) atoms. The van der Waals surface area contributed by atoms with Crippen molar-refractivity contribution in [3.8, 4) is 0 Å². The van der Waals surface area contributed by atoms with Gasteiger partial charge in [-0.25, -0.2) is 0 Å². The Morgan fingerprint density at radius 2 is 2.27 bits per heavy atom. The summed E-state index contributed by atoms with van der Waals surface area (Å²) in [6.45, 7) is 0.781. The molecule has 0 saturated carbocycles. The molecule has 0 atom stereocenters. The van der Waals surface area contributed by atoms with Crippen molar-refractivity contribution in [3.63, 3.8) is 0 Å². The molecule has 0 fully saturated rings. The van der Waals surface area contributed by atoms with Gasteiger partial charge in [0.2, 0.25) is 0 Å². The number of rotatable bonds is 2. The third-order valence-corrected chi connectivity index (χ3v) is 1.71. The third-order valence-electron chi connectivity index (χ3n) is 1.48. The van der Waals surface area contributed by atoms with Gasteiger partial charge < -0.3 is 11.1 Å². The van der Waals surface area contributed by atoms with E-state index >= 15 is 0 Å². The molecule has 0 heterocycles. The van der Waals surface area contributed by atoms with Gasteiger partial charge in [-0.3, -0.25) is 0 Å². The summed E-state index contributed by atoms with van der Waals surface area (Å²) in [4.78, 5) is 0. The quantitative estimate of drug-likeness (QED) is 0.663. The highest BCUT2D eigenvalue weighted by atomic mass is 35.5. The molecule has 2 nitrogen and oxygen atoms in total. The molecule has 0 bridgehead atoms. The van der Waals surface area contributed by atoms with Crippen molar-refractivity contribution in [1.82, 2.24) is 5.32 Å². The minimum absolute atomic E-state index is 0.683. The normalized spacial score (nSPS) is 10.0. The van der Waals surface area contributed by atoms with E-state index in [4.69, 9.17) is 17.3 Å². The van der Waals surface area contributed by atoms with E-state index in [2.05, 4.69) is 5.32 Å². The van der Waals surface area contributed by atoms with Crippen LogP contribution in [0.1, 0.15) is 5.56 Å². The number of hydrogen-bond donors (Lipinski definition) is 2. The van der Waals surface area contributed by atoms with Gasteiger partial charge in [-0.1, -0.05) is 17.7 Å². The molecule has 1 aromatic rings. The fourth-order valence-corrected chi connectivity index (χ4v) is 1.10. The van der Waals surface area contributed by atoms with Gasteiger partial charge in [0.15, 0.2) is 0 Å². The van der Waals surface area contributed by atoms with Crippen LogP contribution in [-0.2, 0) is 6.54 Å². The van der Waals surface area contributed by atoms with E-state index in [9.17, 15) is 0 Å². The van der Waals surface area contributed by atoms with Gasteiger partial charge in [0.1, 0.15) is 0 Å². The Kier molecular flexibility index (Phi) is 2.74. The molecule has 60 valence electrons. The molecule has 1 rings (SSSR count). The Labute approximate surface area is 71.4 Å². The molecule has 0 amide bonds. The largest absolute Gasteiger partial charge is 0.398 e. The second-order valence-electron chi connectivity index (χ2n) is 2.37. The lowest BCUT2D eigenvalue weighted by Crippen LogP contribution is -2.07. The molecule has 3 N–H and O–H groups in total. The standard InChI is InChI=1S/C8H11ClN2/c1-11-5-6-2-3-7(9)4-8(6)10/h2-4,11H,5,10H2,1H3. The molecule has 0 aliphatic rings. The van der Waals surface area contributed by atoms with Crippen LogP contribution in [-0.4, -0.2) is 7.05 Å². The molecule has 0 aliphatic carbocycles. The molecule has 0 aliphatic heterocycles. The Balaban J connectivity index is 2.90. The topological polar surface area (TPSA) is 38.0 Å². The molecule has 0 aromatic heterocycles. The van der Waals surface area contributed by atoms with Gasteiger partial charge in [-0.2, -0.15) is 0 Å². The van der Waals surface area contributed by atoms with Crippen LogP contribution in [0.25, 0.3) is 0 Å². The maximum absolute atomic E-state index is 5.72. The van der Waals surface area contributed by atoms with Crippen LogP contribution in [0.4, 0.5) is 5.69 Å². The number of halogens is 1. The zero-order chi connectivity index (χ0) is 8.27. The van der Waals surface area contributed by atoms with E-state index in [1.165, 1.54) is 0 Å². The highest BCUT2D eigenvalue weighted by Gasteiger charge is 1.96. The molecule has 0 saturated heterocycles. The Bertz CT molecular complexity index is 248. The zero-order valence-corrected chi connectivity index (χ0v) is 7.15. The number of nitrogens with one attached hydrogen (secondary N) is 1. The van der Waals surface area contributed by atoms with E-state index < -0.39 is 0 Å². The van der Waals surface area contributed by atoms with Crippen LogP contribution in [0.5, 0.6) is 0 Å². The molecular formula is C8H11ClN2. The second-order valence-corrected chi connectivity index (χ2v) is 2.81. The predicted octanol–water partition coefficient (Wildman–Crippen LogP) is 1.64. The lowest BCUT2D eigenvalue weighted by atomic mass is 10.2. The van der Waals surface area contributed by atoms with Crippen LogP contribution in [0.3, 0.4) is 0 Å². The summed E-state index contributed by atoms with van der Waals surface area (Å²) in [6.07, 6.45) is 0. The van der Waals surface area contributed by atoms with Crippen molar-refractivity contribution in [1.29, 1.82) is 0 Å². The van der Waals surface area contributed by atoms with Crippen molar-refractivity contribution >= 4 is 17.3 Å². The fourth-order valence-electron chi connectivity index (χ4n) is 0.917. The molecule has 0 radical (unpaired) electrons. The van der Waals surface area contributed by atoms with Crippen molar-refractivity contribution < 1.29 is 0 Å². The summed E-state index contributed by atoms with van der Waals surface area (Å²) in [6, 6.07) is 5.52. The first-order valence-corrected chi connectivity index (χ1v) is 3.80. The van der Waals surface area contributed by atoms with E-state index in [0.29, 0.717) is 5.02 Å². The van der Waals surface area contributed by atoms with E-state index in [0.717, 1.165) is 17.8 Å². The van der Waals surface area contributed by atoms with Gasteiger partial charge in [0.25, 0.3) is 0 Å². The molecule has 0 unspecified atom stereocenters. The SMILES string of the molecule is CNCc1ccc(Cl)cc1N. The van der Waals surface area contributed by atoms with Gasteiger partial charge in [-0.15, -0.1) is 0 Å². The second kappa shape index (κ2) is 3.60. The first-order chi connectivity index (χ1) is 5.24. The third kappa shape index (κ3) is 2.10. The van der Waals surface area contributed by atoms with Crippen molar-refractivity contribution in [2.24, 2.45) is 0 Å². The highest BCUT2D eigenvalue weighted by Crippen LogP contribution is 2.17. The Morgan fingerprint density at radius 3 is 2.82 bits per heavy atom. The minimum atomic E-state index is 0.683. The van der Waals surface area contributed by atoms with Crippen LogP contribution in [0.15, 0.2) is 18.2 Å².